The molecule has 0 amide bonds. The Hall–Kier alpha value is -1.72. The number of fused-ring (bicyclic) bond motifs is 1. The Labute approximate surface area is 61.2 Å². The lowest BCUT2D eigenvalue weighted by Gasteiger charge is -1.96. The summed E-state index contributed by atoms with van der Waals surface area (Å²) in [6, 6.07) is 0. The van der Waals surface area contributed by atoms with E-state index in [2.05, 4.69) is 20.3 Å². The molecule has 0 aliphatic carbocycles. The predicted octanol–water partition coefficient (Wildman–Crippen LogP) is 0.107. The van der Waals surface area contributed by atoms with Crippen molar-refractivity contribution in [3.8, 4) is 0 Å². The number of nitrogens with zero attached hydrogens (tertiary/aromatic N) is 4. The highest BCUT2D eigenvalue weighted by Gasteiger charge is 2.15. The Balaban J connectivity index is 2.67. The van der Waals surface area contributed by atoms with Gasteiger partial charge in [0.15, 0.2) is 17.3 Å². The quantitative estimate of drug-likeness (QED) is 0.536. The summed E-state index contributed by atoms with van der Waals surface area (Å²) in [4.78, 5) is 10.4. The molecule has 0 aromatic carbocycles. The Morgan fingerprint density at radius 2 is 2.18 bits per heavy atom. The van der Waals surface area contributed by atoms with E-state index in [1.165, 1.54) is 6.34 Å². The zero-order chi connectivity index (χ0) is 7.84. The van der Waals surface area contributed by atoms with Gasteiger partial charge in [-0.05, 0) is 0 Å². The number of nitrogen functional groups attached to an aromatic ring is 1. The van der Waals surface area contributed by atoms with Crippen molar-refractivity contribution in [3.63, 3.8) is 0 Å². The summed E-state index contributed by atoms with van der Waals surface area (Å²) >= 11 is 0. The number of hydrogen-bond donors (Lipinski definition) is 1. The van der Waals surface area contributed by atoms with E-state index in [-0.39, 0.29) is 11.6 Å². The lowest BCUT2D eigenvalue weighted by Crippen LogP contribution is -1.98. The molecule has 0 unspecified atom stereocenters. The number of anilines is 1. The fourth-order valence-electron chi connectivity index (χ4n) is 0.787. The summed E-state index contributed by atoms with van der Waals surface area (Å²) in [7, 11) is 0. The van der Waals surface area contributed by atoms with Gasteiger partial charge in [0.25, 0.3) is 0 Å². The third kappa shape index (κ3) is 0.794. The minimum Gasteiger partial charge on any atom is -0.382 e. The van der Waals surface area contributed by atoms with Crippen molar-refractivity contribution in [2.75, 3.05) is 5.73 Å². The highest BCUT2D eigenvalue weighted by molar-refractivity contribution is 5.84. The van der Waals surface area contributed by atoms with Crippen LogP contribution in [-0.4, -0.2) is 16.3 Å². The topological polar surface area (TPSA) is 78.3 Å². The summed E-state index contributed by atoms with van der Waals surface area (Å²) < 4.78 is 12.4. The molecule has 0 fully saturated rings. The monoisotopic (exact) mass is 152 g/mol. The van der Waals surface area contributed by atoms with Crippen LogP contribution in [0.5, 0.6) is 0 Å². The molecule has 0 atom stereocenters. The summed E-state index contributed by atoms with van der Waals surface area (Å²) in [6.07, 6.45) is 0.380. The van der Waals surface area contributed by atoms with Crippen LogP contribution >= 0.6 is 0 Å². The average Bonchev–Trinajstić information content (AvgIpc) is 2.34. The normalized spacial score (nSPS) is 12.8. The van der Waals surface area contributed by atoms with Gasteiger partial charge in [-0.3, -0.25) is 0 Å². The van der Waals surface area contributed by atoms with E-state index in [1.54, 1.807) is 0 Å². The molecule has 0 spiro atoms. The van der Waals surface area contributed by atoms with Crippen LogP contribution in [0.15, 0.2) is 4.99 Å². The summed E-state index contributed by atoms with van der Waals surface area (Å²) in [5, 5.41) is 3.66. The third-order valence-corrected chi connectivity index (χ3v) is 1.23. The molecule has 11 heavy (non-hydrogen) atoms. The van der Waals surface area contributed by atoms with Gasteiger partial charge in [-0.2, -0.15) is 14.4 Å². The summed E-state index contributed by atoms with van der Waals surface area (Å²) in [6.45, 7) is 0. The lowest BCUT2D eigenvalue weighted by atomic mass is 10.4. The number of rotatable bonds is 0. The van der Waals surface area contributed by atoms with E-state index in [4.69, 9.17) is 5.73 Å². The van der Waals surface area contributed by atoms with E-state index in [0.29, 0.717) is 5.69 Å². The average molecular weight is 152 g/mol. The van der Waals surface area contributed by atoms with E-state index in [1.807, 2.05) is 0 Å². The second kappa shape index (κ2) is 1.88. The van der Waals surface area contributed by atoms with E-state index in [9.17, 15) is 4.39 Å². The van der Waals surface area contributed by atoms with Crippen molar-refractivity contribution in [3.05, 3.63) is 6.08 Å². The molecule has 1 aromatic heterocycles. The number of aliphatic imine (C=N–C) groups is 1. The van der Waals surface area contributed by atoms with Crippen LogP contribution in [0.25, 0.3) is 0 Å². The molecule has 0 bridgehead atoms. The molecular formula is C5H3FN5. The van der Waals surface area contributed by atoms with Gasteiger partial charge < -0.3 is 5.73 Å². The molecule has 2 heterocycles. The van der Waals surface area contributed by atoms with Crippen molar-refractivity contribution < 1.29 is 4.39 Å². The van der Waals surface area contributed by atoms with Crippen molar-refractivity contribution in [1.29, 1.82) is 0 Å². The van der Waals surface area contributed by atoms with E-state index < -0.39 is 6.08 Å². The molecule has 1 aromatic rings. The van der Waals surface area contributed by atoms with Crippen molar-refractivity contribution in [2.45, 2.75) is 0 Å². The number of aromatic nitrogens is 2. The first-order chi connectivity index (χ1) is 5.27. The van der Waals surface area contributed by atoms with Gasteiger partial charge in [-0.15, -0.1) is 0 Å². The standard InChI is InChI=1S/C5H3FN5/c6-5-10-3(7)2-4(11-5)9-1-8-2/h1H,(H2,7,10,11). The maximum atomic E-state index is 12.4. The Bertz CT molecular complexity index is 334. The van der Waals surface area contributed by atoms with E-state index in [0.717, 1.165) is 0 Å². The number of nitrogens with two attached hydrogens (primary N) is 1. The van der Waals surface area contributed by atoms with Crippen LogP contribution in [0.3, 0.4) is 0 Å². The van der Waals surface area contributed by atoms with Crippen LogP contribution < -0.4 is 11.1 Å². The molecule has 1 aliphatic heterocycles. The first-order valence-electron chi connectivity index (χ1n) is 2.84. The molecular weight excluding hydrogens is 149 g/mol. The zero-order valence-corrected chi connectivity index (χ0v) is 5.32. The fourth-order valence-corrected chi connectivity index (χ4v) is 0.787. The largest absolute Gasteiger partial charge is 0.382 e. The van der Waals surface area contributed by atoms with Crippen molar-refractivity contribution in [1.82, 2.24) is 15.3 Å². The van der Waals surface area contributed by atoms with Gasteiger partial charge in [0.1, 0.15) is 6.34 Å². The number of hydrogen-bond acceptors (Lipinski definition) is 4. The lowest BCUT2D eigenvalue weighted by molar-refractivity contribution is 0.541. The van der Waals surface area contributed by atoms with Crippen LogP contribution in [0.2, 0.25) is 0 Å². The zero-order valence-electron chi connectivity index (χ0n) is 5.32. The molecule has 2 N–H and O–H groups in total. The second-order valence-corrected chi connectivity index (χ2v) is 1.92. The molecule has 6 heteroatoms. The Morgan fingerprint density at radius 1 is 1.36 bits per heavy atom. The molecule has 2 rings (SSSR count). The maximum absolute atomic E-state index is 12.4. The van der Waals surface area contributed by atoms with Gasteiger partial charge in [0.2, 0.25) is 0 Å². The van der Waals surface area contributed by atoms with Gasteiger partial charge in [0.05, 0.1) is 0 Å². The van der Waals surface area contributed by atoms with Crippen molar-refractivity contribution in [2.24, 2.45) is 4.99 Å². The third-order valence-electron chi connectivity index (χ3n) is 1.23. The minimum atomic E-state index is -0.879. The maximum Gasteiger partial charge on any atom is 0.312 e. The SMILES string of the molecule is Nc1nc(F)nc2c1N=C[N]2. The highest BCUT2D eigenvalue weighted by atomic mass is 19.1. The Morgan fingerprint density at radius 3 is 3.00 bits per heavy atom. The molecule has 0 saturated heterocycles. The van der Waals surface area contributed by atoms with Gasteiger partial charge in [0, 0.05) is 0 Å². The molecule has 1 radical (unpaired) electrons. The summed E-state index contributed by atoms with van der Waals surface area (Å²) in [5.74, 6) is 0.208. The molecule has 1 aliphatic rings. The van der Waals surface area contributed by atoms with Crippen LogP contribution in [0.1, 0.15) is 0 Å². The van der Waals surface area contributed by atoms with Gasteiger partial charge in [-0.1, -0.05) is 0 Å². The Kier molecular flexibility index (Phi) is 1.03. The summed E-state index contributed by atoms with van der Waals surface area (Å²) in [5.41, 5.74) is 5.65. The number of halogens is 1. The highest BCUT2D eigenvalue weighted by Crippen LogP contribution is 2.30. The van der Waals surface area contributed by atoms with Crippen LogP contribution in [0.4, 0.5) is 21.7 Å². The second-order valence-electron chi connectivity index (χ2n) is 1.92. The smallest absolute Gasteiger partial charge is 0.312 e. The van der Waals surface area contributed by atoms with Gasteiger partial charge in [-0.25, -0.2) is 10.3 Å². The van der Waals surface area contributed by atoms with Crippen molar-refractivity contribution >= 4 is 23.7 Å². The first-order valence-corrected chi connectivity index (χ1v) is 2.84. The first kappa shape index (κ1) is 6.02. The molecule has 5 nitrogen and oxygen atoms in total. The fraction of sp³-hybridized carbons (Fsp3) is 0. The van der Waals surface area contributed by atoms with E-state index >= 15 is 0 Å². The predicted molar refractivity (Wildman–Crippen MR) is 36.3 cm³/mol. The van der Waals surface area contributed by atoms with Gasteiger partial charge >= 0.3 is 6.08 Å². The van der Waals surface area contributed by atoms with Crippen LogP contribution in [0, 0.1) is 6.08 Å². The molecule has 0 saturated carbocycles. The van der Waals surface area contributed by atoms with Crippen LogP contribution in [-0.2, 0) is 0 Å². The minimum absolute atomic E-state index is 0.0185. The molecule has 55 valence electrons.